The van der Waals surface area contributed by atoms with E-state index in [1.54, 1.807) is 0 Å². The van der Waals surface area contributed by atoms with Gasteiger partial charge in [-0.3, -0.25) is 14.6 Å². The summed E-state index contributed by atoms with van der Waals surface area (Å²) in [5.74, 6) is 0.294. The monoisotopic (exact) mass is 497 g/mol. The van der Waals surface area contributed by atoms with E-state index in [1.165, 1.54) is 64.2 Å². The summed E-state index contributed by atoms with van der Waals surface area (Å²) < 4.78 is 65.6. The van der Waals surface area contributed by atoms with E-state index in [-0.39, 0.29) is 36.5 Å². The minimum atomic E-state index is -4.08. The third-order valence-corrected chi connectivity index (χ3v) is 6.45. The number of rotatable bonds is 6. The smallest absolute Gasteiger partial charge is 0.412 e. The number of aromatic nitrogens is 1. The number of sulfonamides is 1. The predicted molar refractivity (Wildman–Crippen MR) is 127 cm³/mol. The van der Waals surface area contributed by atoms with Crippen LogP contribution in [0, 0.1) is 12.8 Å². The van der Waals surface area contributed by atoms with Crippen molar-refractivity contribution < 1.29 is 32.9 Å². The molecule has 1 amide bonds. The topological polar surface area (TPSA) is 97.8 Å². The van der Waals surface area contributed by atoms with Gasteiger partial charge in [0.25, 0.3) is 10.0 Å². The summed E-state index contributed by atoms with van der Waals surface area (Å²) in [6, 6.07) is 6.92. The molecule has 0 fully saturated rings. The van der Waals surface area contributed by atoms with Crippen molar-refractivity contribution in [2.45, 2.75) is 43.9 Å². The van der Waals surface area contributed by atoms with Crippen LogP contribution in [0.3, 0.4) is 0 Å². The van der Waals surface area contributed by atoms with Crippen LogP contribution in [0.2, 0.25) is 0 Å². The predicted octanol–water partition coefficient (Wildman–Crippen LogP) is 4.67. The molecule has 0 bridgehead atoms. The summed E-state index contributed by atoms with van der Waals surface area (Å²) in [5.41, 5.74) is -2.72. The Morgan fingerprint density at radius 1 is 1.26 bits per heavy atom. The lowest BCUT2D eigenvalue weighted by atomic mass is 10.1. The second-order valence-corrected chi connectivity index (χ2v) is 10.2. The molecule has 0 atom stereocenters. The van der Waals surface area contributed by atoms with Crippen molar-refractivity contribution in [3.8, 4) is 18.6 Å². The molecule has 11 heteroatoms. The van der Waals surface area contributed by atoms with Gasteiger partial charge in [0, 0.05) is 13.3 Å². The molecular formula is C23H29F2N3O5S. The van der Waals surface area contributed by atoms with E-state index in [0.29, 0.717) is 5.75 Å². The van der Waals surface area contributed by atoms with Crippen LogP contribution >= 0.6 is 0 Å². The molecular weight excluding hydrogens is 468 g/mol. The fourth-order valence-electron chi connectivity index (χ4n) is 2.97. The molecule has 2 aromatic rings. The molecule has 3 rings (SSSR count). The van der Waals surface area contributed by atoms with Crippen LogP contribution < -0.4 is 14.4 Å². The number of terminal acetylenes is 1. The molecule has 186 valence electrons. The maximum absolute atomic E-state index is 14.3. The lowest BCUT2D eigenvalue weighted by molar-refractivity contribution is 0.0293. The molecule has 0 saturated carbocycles. The summed E-state index contributed by atoms with van der Waals surface area (Å²) in [6.45, 7) is 4.67. The number of benzene rings is 1. The number of ether oxygens (including phenoxy) is 2. The van der Waals surface area contributed by atoms with Gasteiger partial charge in [0.1, 0.15) is 30.3 Å². The maximum atomic E-state index is 14.3. The van der Waals surface area contributed by atoms with Gasteiger partial charge < -0.3 is 9.47 Å². The van der Waals surface area contributed by atoms with Crippen LogP contribution in [0.1, 0.15) is 34.8 Å². The van der Waals surface area contributed by atoms with Gasteiger partial charge in [0.15, 0.2) is 0 Å². The number of carbonyl (C=O) groups is 1. The van der Waals surface area contributed by atoms with Crippen molar-refractivity contribution in [1.29, 1.82) is 0 Å². The van der Waals surface area contributed by atoms with Crippen molar-refractivity contribution in [2.75, 3.05) is 29.4 Å². The van der Waals surface area contributed by atoms with Crippen molar-refractivity contribution >= 4 is 27.5 Å². The number of nitrogens with one attached hydrogen (secondary N) is 1. The summed E-state index contributed by atoms with van der Waals surface area (Å²) in [5, 5.41) is 2.46. The van der Waals surface area contributed by atoms with Crippen molar-refractivity contribution in [3.63, 3.8) is 0 Å². The molecule has 8 nitrogen and oxygen atoms in total. The Bertz CT molecular complexity index is 1170. The first-order chi connectivity index (χ1) is 15.8. The van der Waals surface area contributed by atoms with E-state index in [4.69, 9.17) is 9.47 Å². The fraction of sp³-hybridized carbons (Fsp3) is 0.391. The van der Waals surface area contributed by atoms with E-state index in [1.807, 2.05) is 0 Å². The molecule has 2 heterocycles. The number of amides is 1. The molecule has 0 radical (unpaired) electrons. The quantitative estimate of drug-likeness (QED) is 0.583. The first kappa shape index (κ1) is 26.9. The highest BCUT2D eigenvalue weighted by Crippen LogP contribution is 2.38. The molecule has 0 unspecified atom stereocenters. The van der Waals surface area contributed by atoms with Gasteiger partial charge in [-0.2, -0.15) is 0 Å². The number of halogens is 2. The highest BCUT2D eigenvalue weighted by molar-refractivity contribution is 7.92. The Balaban J connectivity index is 0.00000199. The Hall–Kier alpha value is -3.39. The van der Waals surface area contributed by atoms with E-state index >= 15 is 0 Å². The average Bonchev–Trinajstić information content (AvgIpc) is 2.79. The standard InChI is InChI=1S/C21H25F2N3O5S.C2H2.H2/c1-20(2,13-22)31-19(27)25-14-5-6-17-16(11-14)26(9-10-30-17)32(28,29)15-7-8-24-18(12-15)21(3,4)23;1-2;/h5-8,11-12H,9-10,13H2,1-4H3,(H,25,27);1-2H;1H. The van der Waals surface area contributed by atoms with E-state index < -0.39 is 34.1 Å². The van der Waals surface area contributed by atoms with Crippen molar-refractivity contribution in [1.82, 2.24) is 4.98 Å². The molecule has 1 aromatic carbocycles. The second-order valence-electron chi connectivity index (χ2n) is 8.37. The Labute approximate surface area is 199 Å². The third-order valence-electron chi connectivity index (χ3n) is 4.65. The van der Waals surface area contributed by atoms with Gasteiger partial charge >= 0.3 is 6.09 Å². The van der Waals surface area contributed by atoms with Gasteiger partial charge in [-0.1, -0.05) is 0 Å². The lowest BCUT2D eigenvalue weighted by Gasteiger charge is -2.31. The van der Waals surface area contributed by atoms with E-state index in [2.05, 4.69) is 23.1 Å². The zero-order valence-electron chi connectivity index (χ0n) is 19.3. The van der Waals surface area contributed by atoms with Gasteiger partial charge in [-0.05, 0) is 58.0 Å². The van der Waals surface area contributed by atoms with E-state index in [9.17, 15) is 22.0 Å². The lowest BCUT2D eigenvalue weighted by Crippen LogP contribution is -2.38. The third kappa shape index (κ3) is 6.14. The summed E-state index contributed by atoms with van der Waals surface area (Å²) in [4.78, 5) is 15.9. The largest absolute Gasteiger partial charge is 0.489 e. The molecule has 1 aliphatic heterocycles. The number of carbonyl (C=O) groups excluding carboxylic acids is 1. The fourth-order valence-corrected chi connectivity index (χ4v) is 4.43. The number of pyridine rings is 1. The SMILES string of the molecule is C#C.CC(C)(CF)OC(=O)Nc1ccc2c(c1)N(S(=O)(=O)c1ccnc(C(C)(C)F)c1)CCO2.[HH]. The van der Waals surface area contributed by atoms with Crippen LogP contribution in [0.4, 0.5) is 25.0 Å². The van der Waals surface area contributed by atoms with Crippen LogP contribution in [0.25, 0.3) is 0 Å². The molecule has 1 N–H and O–H groups in total. The summed E-state index contributed by atoms with van der Waals surface area (Å²) in [6.07, 6.45) is 8.36. The van der Waals surface area contributed by atoms with Crippen LogP contribution in [0.15, 0.2) is 41.4 Å². The van der Waals surface area contributed by atoms with Gasteiger partial charge in [-0.15, -0.1) is 12.8 Å². The number of hydrogen-bond acceptors (Lipinski definition) is 6. The van der Waals surface area contributed by atoms with Gasteiger partial charge in [0.05, 0.1) is 22.8 Å². The normalized spacial score (nSPS) is 13.6. The zero-order chi connectivity index (χ0) is 25.7. The highest BCUT2D eigenvalue weighted by Gasteiger charge is 2.32. The van der Waals surface area contributed by atoms with Gasteiger partial charge in [0.2, 0.25) is 0 Å². The Morgan fingerprint density at radius 2 is 1.94 bits per heavy atom. The maximum Gasteiger partial charge on any atom is 0.412 e. The number of fused-ring (bicyclic) bond motifs is 1. The van der Waals surface area contributed by atoms with Crippen molar-refractivity contribution in [2.24, 2.45) is 0 Å². The second kappa shape index (κ2) is 10.3. The van der Waals surface area contributed by atoms with E-state index in [0.717, 1.165) is 4.31 Å². The van der Waals surface area contributed by atoms with Crippen LogP contribution in [0.5, 0.6) is 5.75 Å². The van der Waals surface area contributed by atoms with Gasteiger partial charge in [-0.25, -0.2) is 22.0 Å². The Kier molecular flexibility index (Phi) is 8.10. The zero-order valence-corrected chi connectivity index (χ0v) is 20.2. The number of hydrogen-bond donors (Lipinski definition) is 1. The van der Waals surface area contributed by atoms with Crippen molar-refractivity contribution in [3.05, 3.63) is 42.2 Å². The first-order valence-corrected chi connectivity index (χ1v) is 11.6. The van der Waals surface area contributed by atoms with Crippen LogP contribution in [-0.4, -0.2) is 44.9 Å². The highest BCUT2D eigenvalue weighted by atomic mass is 32.2. The molecule has 34 heavy (non-hydrogen) atoms. The molecule has 0 aliphatic carbocycles. The molecule has 1 aromatic heterocycles. The Morgan fingerprint density at radius 3 is 2.56 bits per heavy atom. The summed E-state index contributed by atoms with van der Waals surface area (Å²) in [7, 11) is -4.08. The summed E-state index contributed by atoms with van der Waals surface area (Å²) >= 11 is 0. The number of nitrogens with zero attached hydrogens (tertiary/aromatic N) is 2. The molecule has 0 spiro atoms. The first-order valence-electron chi connectivity index (χ1n) is 10.2. The average molecular weight is 498 g/mol. The number of alkyl halides is 2. The minimum Gasteiger partial charge on any atom is -0.489 e. The minimum absolute atomic E-state index is 0. The molecule has 0 saturated heterocycles. The molecule has 1 aliphatic rings. The van der Waals surface area contributed by atoms with Crippen LogP contribution in [-0.2, 0) is 20.4 Å². The number of anilines is 2.